The first-order chi connectivity index (χ1) is 8.21. The fourth-order valence-corrected chi connectivity index (χ4v) is 3.20. The summed E-state index contributed by atoms with van der Waals surface area (Å²) in [6.07, 6.45) is 4.73. The number of esters is 1. The Morgan fingerprint density at radius 1 is 1.44 bits per heavy atom. The topological polar surface area (TPSA) is 26.3 Å². The molecule has 18 heavy (non-hydrogen) atoms. The number of carbonyl (C=O) groups is 1. The molecule has 0 aromatic rings. The van der Waals surface area contributed by atoms with Gasteiger partial charge in [-0.05, 0) is 42.9 Å². The van der Waals surface area contributed by atoms with Gasteiger partial charge in [-0.1, -0.05) is 39.3 Å². The van der Waals surface area contributed by atoms with Crippen LogP contribution in [0.3, 0.4) is 0 Å². The summed E-state index contributed by atoms with van der Waals surface area (Å²) >= 11 is 0. The van der Waals surface area contributed by atoms with E-state index in [9.17, 15) is 4.79 Å². The van der Waals surface area contributed by atoms with Gasteiger partial charge in [0.05, 0.1) is 6.61 Å². The Hall–Kier alpha value is -0.790. The second kappa shape index (κ2) is 5.90. The molecule has 1 rings (SSSR count). The molecule has 2 heteroatoms. The quantitative estimate of drug-likeness (QED) is 0.553. The van der Waals surface area contributed by atoms with Crippen molar-refractivity contribution in [2.45, 2.75) is 54.4 Å². The molecule has 0 radical (unpaired) electrons. The molecule has 0 aromatic carbocycles. The van der Waals surface area contributed by atoms with E-state index in [-0.39, 0.29) is 11.4 Å². The van der Waals surface area contributed by atoms with Gasteiger partial charge in [-0.15, -0.1) is 0 Å². The first-order valence-corrected chi connectivity index (χ1v) is 7.02. The van der Waals surface area contributed by atoms with Crippen LogP contribution in [0.4, 0.5) is 0 Å². The molecule has 0 N–H and O–H groups in total. The van der Waals surface area contributed by atoms with E-state index in [1.54, 1.807) is 0 Å². The van der Waals surface area contributed by atoms with E-state index in [0.29, 0.717) is 18.4 Å². The van der Waals surface area contributed by atoms with Crippen molar-refractivity contribution in [1.82, 2.24) is 0 Å². The van der Waals surface area contributed by atoms with E-state index in [4.69, 9.17) is 4.74 Å². The molecule has 0 fully saturated rings. The third-order valence-corrected chi connectivity index (χ3v) is 4.05. The Morgan fingerprint density at radius 2 is 2.06 bits per heavy atom. The van der Waals surface area contributed by atoms with Crippen molar-refractivity contribution in [1.29, 1.82) is 0 Å². The predicted molar refractivity (Wildman–Crippen MR) is 75.2 cm³/mol. The highest BCUT2D eigenvalue weighted by Gasteiger charge is 2.32. The third-order valence-electron chi connectivity index (χ3n) is 4.05. The average Bonchev–Trinajstić information content (AvgIpc) is 2.21. The van der Waals surface area contributed by atoms with E-state index in [1.165, 1.54) is 18.9 Å². The van der Waals surface area contributed by atoms with Gasteiger partial charge < -0.3 is 4.74 Å². The van der Waals surface area contributed by atoms with Gasteiger partial charge in [0.1, 0.15) is 0 Å². The highest BCUT2D eigenvalue weighted by molar-refractivity contribution is 5.65. The molecular weight excluding hydrogens is 224 g/mol. The molecule has 0 saturated heterocycles. The first kappa shape index (κ1) is 15.3. The molecule has 0 bridgehead atoms. The van der Waals surface area contributed by atoms with Gasteiger partial charge >= 0.3 is 5.97 Å². The number of carbonyl (C=O) groups excluding carboxylic acids is 1. The van der Waals surface area contributed by atoms with Crippen molar-refractivity contribution in [3.8, 4) is 0 Å². The highest BCUT2D eigenvalue weighted by Crippen LogP contribution is 2.40. The van der Waals surface area contributed by atoms with E-state index in [2.05, 4.69) is 40.7 Å². The monoisotopic (exact) mass is 252 g/mol. The Morgan fingerprint density at radius 3 is 2.56 bits per heavy atom. The summed E-state index contributed by atoms with van der Waals surface area (Å²) in [5, 5.41) is 0. The van der Waals surface area contributed by atoms with E-state index >= 15 is 0 Å². The maximum Gasteiger partial charge on any atom is 0.302 e. The number of hydrogen-bond donors (Lipinski definition) is 0. The van der Waals surface area contributed by atoms with Crippen LogP contribution in [0, 0.1) is 23.2 Å². The Kier molecular flexibility index (Phi) is 5.01. The lowest BCUT2D eigenvalue weighted by molar-refractivity contribution is -0.144. The molecule has 0 saturated carbocycles. The molecule has 1 aliphatic carbocycles. The number of hydrogen-bond acceptors (Lipinski definition) is 2. The molecule has 1 aliphatic rings. The minimum Gasteiger partial charge on any atom is -0.465 e. The maximum atomic E-state index is 10.9. The standard InChI is InChI=1S/C16H28O2/c1-11-7-12(2)15(13(3)8-11)9-16(5,6)10-18-14(4)17/h7,12-13,15H,8-10H2,1-6H3. The summed E-state index contributed by atoms with van der Waals surface area (Å²) < 4.78 is 5.19. The van der Waals surface area contributed by atoms with Gasteiger partial charge in [0.25, 0.3) is 0 Å². The smallest absolute Gasteiger partial charge is 0.302 e. The van der Waals surface area contributed by atoms with Crippen LogP contribution in [-0.2, 0) is 9.53 Å². The van der Waals surface area contributed by atoms with Gasteiger partial charge in [-0.25, -0.2) is 0 Å². The van der Waals surface area contributed by atoms with E-state index < -0.39 is 0 Å². The predicted octanol–water partition coefficient (Wildman–Crippen LogP) is 4.20. The van der Waals surface area contributed by atoms with Crippen molar-refractivity contribution in [2.75, 3.05) is 6.61 Å². The van der Waals surface area contributed by atoms with Crippen molar-refractivity contribution < 1.29 is 9.53 Å². The summed E-state index contributed by atoms with van der Waals surface area (Å²) in [7, 11) is 0. The Bertz CT molecular complexity index is 328. The SMILES string of the molecule is CC(=O)OCC(C)(C)CC1C(C)C=C(C)CC1C. The van der Waals surface area contributed by atoms with Crippen LogP contribution in [0.15, 0.2) is 11.6 Å². The summed E-state index contributed by atoms with van der Waals surface area (Å²) in [6, 6.07) is 0. The van der Waals surface area contributed by atoms with E-state index in [1.807, 2.05) is 0 Å². The fraction of sp³-hybridized carbons (Fsp3) is 0.812. The van der Waals surface area contributed by atoms with Crippen LogP contribution in [0.5, 0.6) is 0 Å². The molecule has 2 nitrogen and oxygen atoms in total. The molecule has 0 amide bonds. The lowest BCUT2D eigenvalue weighted by Gasteiger charge is -2.38. The molecule has 0 aliphatic heterocycles. The molecular formula is C16H28O2. The number of rotatable bonds is 4. The fourth-order valence-electron chi connectivity index (χ4n) is 3.20. The number of ether oxygens (including phenoxy) is 1. The zero-order valence-electron chi connectivity index (χ0n) is 12.7. The lowest BCUT2D eigenvalue weighted by atomic mass is 9.68. The van der Waals surface area contributed by atoms with Gasteiger partial charge in [0.15, 0.2) is 0 Å². The van der Waals surface area contributed by atoms with Crippen molar-refractivity contribution in [3.63, 3.8) is 0 Å². The molecule has 0 spiro atoms. The summed E-state index contributed by atoms with van der Waals surface area (Å²) in [6.45, 7) is 13.3. The minimum atomic E-state index is -0.177. The van der Waals surface area contributed by atoms with Crippen LogP contribution in [0.25, 0.3) is 0 Å². The Labute approximate surface area is 112 Å². The maximum absolute atomic E-state index is 10.9. The van der Waals surface area contributed by atoms with Crippen molar-refractivity contribution in [2.24, 2.45) is 23.2 Å². The largest absolute Gasteiger partial charge is 0.465 e. The van der Waals surface area contributed by atoms with Crippen LogP contribution in [0.1, 0.15) is 54.4 Å². The summed E-state index contributed by atoms with van der Waals surface area (Å²) in [4.78, 5) is 10.9. The highest BCUT2D eigenvalue weighted by atomic mass is 16.5. The molecule has 3 unspecified atom stereocenters. The lowest BCUT2D eigenvalue weighted by Crippen LogP contribution is -2.31. The zero-order valence-corrected chi connectivity index (χ0v) is 12.7. The molecule has 104 valence electrons. The minimum absolute atomic E-state index is 0.0674. The van der Waals surface area contributed by atoms with Gasteiger partial charge in [-0.3, -0.25) is 4.79 Å². The average molecular weight is 252 g/mol. The van der Waals surface area contributed by atoms with Gasteiger partial charge in [-0.2, -0.15) is 0 Å². The van der Waals surface area contributed by atoms with Gasteiger partial charge in [0, 0.05) is 6.92 Å². The van der Waals surface area contributed by atoms with Crippen LogP contribution in [0.2, 0.25) is 0 Å². The third kappa shape index (κ3) is 4.47. The zero-order chi connectivity index (χ0) is 13.9. The second-order valence-electron chi connectivity index (χ2n) is 6.87. The molecule has 0 aromatic heterocycles. The van der Waals surface area contributed by atoms with Crippen LogP contribution in [-0.4, -0.2) is 12.6 Å². The number of allylic oxidation sites excluding steroid dienone is 2. The van der Waals surface area contributed by atoms with Crippen molar-refractivity contribution in [3.05, 3.63) is 11.6 Å². The summed E-state index contributed by atoms with van der Waals surface area (Å²) in [5.41, 5.74) is 1.59. The molecule has 3 atom stereocenters. The van der Waals surface area contributed by atoms with E-state index in [0.717, 1.165) is 12.3 Å². The second-order valence-corrected chi connectivity index (χ2v) is 6.87. The van der Waals surface area contributed by atoms with Gasteiger partial charge in [0.2, 0.25) is 0 Å². The first-order valence-electron chi connectivity index (χ1n) is 7.02. The van der Waals surface area contributed by atoms with Crippen molar-refractivity contribution >= 4 is 5.97 Å². The molecule has 0 heterocycles. The van der Waals surface area contributed by atoms with Crippen LogP contribution >= 0.6 is 0 Å². The summed E-state index contributed by atoms with van der Waals surface area (Å²) in [5.74, 6) is 1.87. The normalized spacial score (nSPS) is 28.8. The Balaban J connectivity index is 2.62. The van der Waals surface area contributed by atoms with Crippen LogP contribution < -0.4 is 0 Å².